The number of carboxylic acids is 1. The van der Waals surface area contributed by atoms with Gasteiger partial charge in [-0.1, -0.05) is 53.5 Å². The lowest BCUT2D eigenvalue weighted by Gasteiger charge is -2.13. The van der Waals surface area contributed by atoms with Crippen molar-refractivity contribution in [1.29, 1.82) is 0 Å². The first-order chi connectivity index (χ1) is 13.0. The summed E-state index contributed by atoms with van der Waals surface area (Å²) in [5, 5.41) is 13.3. The summed E-state index contributed by atoms with van der Waals surface area (Å²) in [4.78, 5) is 11.2. The fraction of sp³-hybridized carbons (Fsp3) is 0.0952. The van der Waals surface area contributed by atoms with Gasteiger partial charge >= 0.3 is 5.97 Å². The van der Waals surface area contributed by atoms with Crippen LogP contribution >= 0.6 is 23.2 Å². The summed E-state index contributed by atoms with van der Waals surface area (Å²) in [6, 6.07) is 20.0. The Hall–Kier alpha value is -2.69. The van der Waals surface area contributed by atoms with E-state index < -0.39 is 5.97 Å². The van der Waals surface area contributed by atoms with Gasteiger partial charge in [-0.15, -0.1) is 0 Å². The normalized spacial score (nSPS) is 10.4. The molecule has 0 aliphatic carbocycles. The van der Waals surface area contributed by atoms with Crippen molar-refractivity contribution in [3.8, 4) is 5.75 Å². The SMILES string of the molecule is O=C(O)c1cc(NCc2ccccc2OCc2ccc(Cl)cc2)ccc1Cl. The summed E-state index contributed by atoms with van der Waals surface area (Å²) in [6.07, 6.45) is 0. The van der Waals surface area contributed by atoms with Crippen LogP contribution in [0.1, 0.15) is 21.5 Å². The molecular weight excluding hydrogens is 385 g/mol. The van der Waals surface area contributed by atoms with Gasteiger partial charge in [0, 0.05) is 22.8 Å². The van der Waals surface area contributed by atoms with Crippen molar-refractivity contribution in [1.82, 2.24) is 0 Å². The van der Waals surface area contributed by atoms with Gasteiger partial charge in [-0.3, -0.25) is 0 Å². The first kappa shape index (κ1) is 19.1. The maximum atomic E-state index is 11.2. The number of nitrogens with one attached hydrogen (secondary N) is 1. The van der Waals surface area contributed by atoms with Crippen molar-refractivity contribution < 1.29 is 14.6 Å². The minimum atomic E-state index is -1.06. The first-order valence-electron chi connectivity index (χ1n) is 8.25. The number of hydrogen-bond donors (Lipinski definition) is 2. The molecule has 4 nitrogen and oxygen atoms in total. The Morgan fingerprint density at radius 2 is 1.74 bits per heavy atom. The van der Waals surface area contributed by atoms with E-state index in [1.165, 1.54) is 6.07 Å². The minimum absolute atomic E-state index is 0.0638. The molecule has 0 spiro atoms. The summed E-state index contributed by atoms with van der Waals surface area (Å²) in [7, 11) is 0. The molecule has 6 heteroatoms. The first-order valence-corrected chi connectivity index (χ1v) is 9.00. The fourth-order valence-electron chi connectivity index (χ4n) is 2.53. The van der Waals surface area contributed by atoms with E-state index in [0.717, 1.165) is 16.9 Å². The molecular formula is C21H17Cl2NO3. The second kappa shape index (κ2) is 8.80. The van der Waals surface area contributed by atoms with Gasteiger partial charge in [-0.05, 0) is 42.0 Å². The van der Waals surface area contributed by atoms with E-state index in [1.54, 1.807) is 12.1 Å². The van der Waals surface area contributed by atoms with E-state index in [0.29, 0.717) is 23.9 Å². The number of anilines is 1. The third-order valence-corrected chi connectivity index (χ3v) is 4.54. The van der Waals surface area contributed by atoms with Crippen LogP contribution in [0.25, 0.3) is 0 Å². The molecule has 0 saturated heterocycles. The number of carboxylic acid groups (broad SMARTS) is 1. The van der Waals surface area contributed by atoms with Crippen molar-refractivity contribution in [3.63, 3.8) is 0 Å². The van der Waals surface area contributed by atoms with E-state index in [4.69, 9.17) is 27.9 Å². The Kier molecular flexibility index (Phi) is 6.22. The number of benzene rings is 3. The Bertz CT molecular complexity index is 942. The average Bonchev–Trinajstić information content (AvgIpc) is 2.67. The summed E-state index contributed by atoms with van der Waals surface area (Å²) >= 11 is 11.8. The molecule has 2 N–H and O–H groups in total. The molecule has 3 aromatic carbocycles. The van der Waals surface area contributed by atoms with E-state index >= 15 is 0 Å². The zero-order valence-electron chi connectivity index (χ0n) is 14.3. The second-order valence-electron chi connectivity index (χ2n) is 5.88. The number of halogens is 2. The zero-order valence-corrected chi connectivity index (χ0v) is 15.8. The van der Waals surface area contributed by atoms with Crippen LogP contribution in [0.15, 0.2) is 66.7 Å². The quantitative estimate of drug-likeness (QED) is 0.518. The molecule has 0 unspecified atom stereocenters. The standard InChI is InChI=1S/C21H17Cl2NO3/c22-16-7-5-14(6-8-16)13-27-20-4-2-1-3-15(20)12-24-17-9-10-19(23)18(11-17)21(25)26/h1-11,24H,12-13H2,(H,25,26). The maximum Gasteiger partial charge on any atom is 0.337 e. The molecule has 0 amide bonds. The second-order valence-corrected chi connectivity index (χ2v) is 6.72. The Balaban J connectivity index is 1.68. The monoisotopic (exact) mass is 401 g/mol. The van der Waals surface area contributed by atoms with Crippen molar-refractivity contribution >= 4 is 34.9 Å². The van der Waals surface area contributed by atoms with Crippen LogP contribution in [0.4, 0.5) is 5.69 Å². The van der Waals surface area contributed by atoms with Crippen molar-refractivity contribution in [3.05, 3.63) is 93.5 Å². The predicted octanol–water partition coefficient (Wildman–Crippen LogP) is 5.88. The average molecular weight is 402 g/mol. The number of rotatable bonds is 7. The maximum absolute atomic E-state index is 11.2. The molecule has 0 radical (unpaired) electrons. The van der Waals surface area contributed by atoms with Crippen LogP contribution in [-0.2, 0) is 13.2 Å². The lowest BCUT2D eigenvalue weighted by atomic mass is 10.1. The molecule has 0 bridgehead atoms. The highest BCUT2D eigenvalue weighted by atomic mass is 35.5. The Labute approximate surface area is 167 Å². The van der Waals surface area contributed by atoms with Crippen LogP contribution in [0.2, 0.25) is 10.0 Å². The van der Waals surface area contributed by atoms with Crippen LogP contribution in [-0.4, -0.2) is 11.1 Å². The van der Waals surface area contributed by atoms with Crippen molar-refractivity contribution in [2.45, 2.75) is 13.2 Å². The Morgan fingerprint density at radius 1 is 1.00 bits per heavy atom. The highest BCUT2D eigenvalue weighted by molar-refractivity contribution is 6.33. The van der Waals surface area contributed by atoms with Gasteiger partial charge in [0.05, 0.1) is 10.6 Å². The van der Waals surface area contributed by atoms with Gasteiger partial charge < -0.3 is 15.2 Å². The number of hydrogen-bond acceptors (Lipinski definition) is 3. The highest BCUT2D eigenvalue weighted by Crippen LogP contribution is 2.24. The highest BCUT2D eigenvalue weighted by Gasteiger charge is 2.10. The molecule has 0 atom stereocenters. The van der Waals surface area contributed by atoms with Crippen LogP contribution in [0, 0.1) is 0 Å². The topological polar surface area (TPSA) is 58.6 Å². The van der Waals surface area contributed by atoms with Crippen LogP contribution < -0.4 is 10.1 Å². The number of carbonyl (C=O) groups is 1. The molecule has 0 heterocycles. The molecule has 0 aliphatic heterocycles. The number of aromatic carboxylic acids is 1. The molecule has 0 fully saturated rings. The van der Waals surface area contributed by atoms with E-state index in [-0.39, 0.29) is 10.6 Å². The summed E-state index contributed by atoms with van der Waals surface area (Å²) < 4.78 is 5.93. The summed E-state index contributed by atoms with van der Waals surface area (Å²) in [5.41, 5.74) is 2.71. The third-order valence-electron chi connectivity index (χ3n) is 3.96. The number of para-hydroxylation sites is 1. The van der Waals surface area contributed by atoms with Crippen LogP contribution in [0.3, 0.4) is 0 Å². The molecule has 0 aromatic heterocycles. The molecule has 0 aliphatic rings. The van der Waals surface area contributed by atoms with E-state index in [9.17, 15) is 9.90 Å². The smallest absolute Gasteiger partial charge is 0.337 e. The zero-order chi connectivity index (χ0) is 19.2. The van der Waals surface area contributed by atoms with Gasteiger partial charge in [0.15, 0.2) is 0 Å². The predicted molar refractivity (Wildman–Crippen MR) is 108 cm³/mol. The van der Waals surface area contributed by atoms with Gasteiger partial charge in [-0.25, -0.2) is 4.79 Å². The van der Waals surface area contributed by atoms with Gasteiger partial charge in [0.1, 0.15) is 12.4 Å². The van der Waals surface area contributed by atoms with Gasteiger partial charge in [0.25, 0.3) is 0 Å². The summed E-state index contributed by atoms with van der Waals surface area (Å²) in [5.74, 6) is -0.303. The molecule has 27 heavy (non-hydrogen) atoms. The molecule has 3 aromatic rings. The van der Waals surface area contributed by atoms with Crippen molar-refractivity contribution in [2.75, 3.05) is 5.32 Å². The van der Waals surface area contributed by atoms with Gasteiger partial charge in [-0.2, -0.15) is 0 Å². The fourth-order valence-corrected chi connectivity index (χ4v) is 2.85. The summed E-state index contributed by atoms with van der Waals surface area (Å²) in [6.45, 7) is 0.912. The van der Waals surface area contributed by atoms with Crippen LogP contribution in [0.5, 0.6) is 5.75 Å². The van der Waals surface area contributed by atoms with Crippen molar-refractivity contribution in [2.24, 2.45) is 0 Å². The lowest BCUT2D eigenvalue weighted by Crippen LogP contribution is -2.05. The Morgan fingerprint density at radius 3 is 2.48 bits per heavy atom. The van der Waals surface area contributed by atoms with Gasteiger partial charge in [0.2, 0.25) is 0 Å². The largest absolute Gasteiger partial charge is 0.489 e. The lowest BCUT2D eigenvalue weighted by molar-refractivity contribution is 0.0697. The molecule has 0 saturated carbocycles. The minimum Gasteiger partial charge on any atom is -0.489 e. The van der Waals surface area contributed by atoms with E-state index in [2.05, 4.69) is 5.32 Å². The molecule has 3 rings (SSSR count). The third kappa shape index (κ3) is 5.16. The number of ether oxygens (including phenoxy) is 1. The van der Waals surface area contributed by atoms with E-state index in [1.807, 2.05) is 48.5 Å². The molecule has 138 valence electrons.